The summed E-state index contributed by atoms with van der Waals surface area (Å²) in [4.78, 5) is 26.6. The van der Waals surface area contributed by atoms with Crippen LogP contribution in [0.3, 0.4) is 0 Å². The van der Waals surface area contributed by atoms with Crippen LogP contribution in [0.4, 0.5) is 0 Å². The van der Waals surface area contributed by atoms with Gasteiger partial charge in [0.1, 0.15) is 10.7 Å². The van der Waals surface area contributed by atoms with Gasteiger partial charge in [0.15, 0.2) is 5.17 Å². The van der Waals surface area contributed by atoms with E-state index < -0.39 is 0 Å². The smallest absolute Gasteiger partial charge is 0.259 e. The Kier molecular flexibility index (Phi) is 5.61. The molecule has 1 aliphatic rings. The van der Waals surface area contributed by atoms with Crippen molar-refractivity contribution >= 4 is 38.5 Å². The van der Waals surface area contributed by atoms with Gasteiger partial charge in [-0.1, -0.05) is 32.0 Å². The number of nitrogens with two attached hydrogens (primary N) is 1. The van der Waals surface area contributed by atoms with Crippen LogP contribution in [0.2, 0.25) is 0 Å². The van der Waals surface area contributed by atoms with Crippen molar-refractivity contribution in [2.24, 2.45) is 16.6 Å². The van der Waals surface area contributed by atoms with Crippen LogP contribution in [0.25, 0.3) is 10.2 Å². The summed E-state index contributed by atoms with van der Waals surface area (Å²) in [6.45, 7) is 5.16. The Balaban J connectivity index is 1.79. The van der Waals surface area contributed by atoms with E-state index in [1.54, 1.807) is 11.3 Å². The van der Waals surface area contributed by atoms with Gasteiger partial charge in [-0.25, -0.2) is 4.98 Å². The van der Waals surface area contributed by atoms with E-state index in [9.17, 15) is 4.79 Å². The fourth-order valence-corrected chi connectivity index (χ4v) is 5.00. The molecule has 0 saturated carbocycles. The Hall–Kier alpha value is -1.34. The molecule has 0 radical (unpaired) electrons. The molecule has 0 saturated heterocycles. The number of aromatic amines is 1. The second kappa shape index (κ2) is 7.70. The molecule has 3 rings (SSSR count). The van der Waals surface area contributed by atoms with Gasteiger partial charge < -0.3 is 10.7 Å². The summed E-state index contributed by atoms with van der Waals surface area (Å²) in [5, 5.41) is 1.37. The van der Waals surface area contributed by atoms with E-state index in [1.807, 2.05) is 0 Å². The molecule has 5 nitrogen and oxygen atoms in total. The zero-order valence-corrected chi connectivity index (χ0v) is 15.9. The second-order valence-corrected chi connectivity index (χ2v) is 8.49. The van der Waals surface area contributed by atoms with Gasteiger partial charge in [-0.05, 0) is 37.2 Å². The highest BCUT2D eigenvalue weighted by atomic mass is 32.2. The zero-order chi connectivity index (χ0) is 17.1. The number of aryl methyl sites for hydroxylation is 1. The van der Waals surface area contributed by atoms with Crippen molar-refractivity contribution in [3.8, 4) is 0 Å². The summed E-state index contributed by atoms with van der Waals surface area (Å²) in [6.07, 6.45) is 5.36. The van der Waals surface area contributed by atoms with Gasteiger partial charge in [0.2, 0.25) is 0 Å². The maximum Gasteiger partial charge on any atom is 0.259 e. The number of rotatable bonds is 5. The first-order chi connectivity index (χ1) is 11.6. The molecule has 0 spiro atoms. The first-order valence-electron chi connectivity index (χ1n) is 8.54. The monoisotopic (exact) mass is 364 g/mol. The predicted molar refractivity (Wildman–Crippen MR) is 104 cm³/mol. The highest BCUT2D eigenvalue weighted by molar-refractivity contribution is 8.13. The summed E-state index contributed by atoms with van der Waals surface area (Å²) in [5.74, 6) is 1.92. The van der Waals surface area contributed by atoms with Crippen molar-refractivity contribution in [3.63, 3.8) is 0 Å². The minimum Gasteiger partial charge on any atom is -0.379 e. The Bertz CT molecular complexity index is 809. The summed E-state index contributed by atoms with van der Waals surface area (Å²) in [7, 11) is 0. The summed E-state index contributed by atoms with van der Waals surface area (Å²) >= 11 is 3.11. The number of aliphatic imine (C=N–C) groups is 1. The highest BCUT2D eigenvalue weighted by Crippen LogP contribution is 2.35. The van der Waals surface area contributed by atoms with E-state index >= 15 is 0 Å². The molecule has 130 valence electrons. The lowest BCUT2D eigenvalue weighted by Crippen LogP contribution is -2.15. The average Bonchev–Trinajstić information content (AvgIpc) is 2.90. The fraction of sp³-hybridized carbons (Fsp3) is 0.588. The summed E-state index contributed by atoms with van der Waals surface area (Å²) in [5.41, 5.74) is 7.12. The number of thiophene rings is 1. The van der Waals surface area contributed by atoms with E-state index in [2.05, 4.69) is 28.8 Å². The van der Waals surface area contributed by atoms with Crippen LogP contribution in [-0.2, 0) is 18.6 Å². The van der Waals surface area contributed by atoms with Crippen LogP contribution in [0.15, 0.2) is 9.79 Å². The Morgan fingerprint density at radius 2 is 2.38 bits per heavy atom. The SMILES string of the molecule is CCCCN=C(N)SCc1nc2sc3c(c2c(=O)[nH]1)CC[C@H](C)C3. The van der Waals surface area contributed by atoms with Crippen LogP contribution in [0, 0.1) is 5.92 Å². The third-order valence-corrected chi connectivity index (χ3v) is 6.34. The van der Waals surface area contributed by atoms with Gasteiger partial charge in [0.25, 0.3) is 5.56 Å². The molecule has 0 amide bonds. The van der Waals surface area contributed by atoms with E-state index in [0.29, 0.717) is 22.7 Å². The number of fused-ring (bicyclic) bond motifs is 3. The Morgan fingerprint density at radius 3 is 3.17 bits per heavy atom. The van der Waals surface area contributed by atoms with E-state index in [1.165, 1.54) is 22.2 Å². The molecule has 2 heterocycles. The van der Waals surface area contributed by atoms with Gasteiger partial charge >= 0.3 is 0 Å². The molecule has 0 unspecified atom stereocenters. The third kappa shape index (κ3) is 3.83. The lowest BCUT2D eigenvalue weighted by Gasteiger charge is -2.17. The first kappa shape index (κ1) is 17.5. The molecule has 1 atom stereocenters. The first-order valence-corrected chi connectivity index (χ1v) is 10.3. The Morgan fingerprint density at radius 1 is 1.54 bits per heavy atom. The summed E-state index contributed by atoms with van der Waals surface area (Å²) in [6, 6.07) is 0. The van der Waals surface area contributed by atoms with Gasteiger partial charge in [0, 0.05) is 11.4 Å². The standard InChI is InChI=1S/C17H24N4OS2/c1-3-4-7-19-17(18)23-9-13-20-15(22)14-11-6-5-10(2)8-12(11)24-16(14)21-13/h10H,3-9H2,1-2H3,(H2,18,19)(H,20,21,22)/t10-/m0/s1. The molecule has 1 aliphatic carbocycles. The van der Waals surface area contributed by atoms with Crippen molar-refractivity contribution in [1.82, 2.24) is 9.97 Å². The number of aromatic nitrogens is 2. The number of nitrogens with zero attached hydrogens (tertiary/aromatic N) is 2. The predicted octanol–water partition coefficient (Wildman–Crippen LogP) is 3.46. The Labute approximate surface area is 150 Å². The van der Waals surface area contributed by atoms with Crippen molar-refractivity contribution < 1.29 is 0 Å². The van der Waals surface area contributed by atoms with E-state index in [-0.39, 0.29) is 5.56 Å². The normalized spacial score (nSPS) is 18.1. The zero-order valence-electron chi connectivity index (χ0n) is 14.2. The van der Waals surface area contributed by atoms with E-state index in [0.717, 1.165) is 48.9 Å². The van der Waals surface area contributed by atoms with E-state index in [4.69, 9.17) is 5.73 Å². The molecule has 7 heteroatoms. The molecular formula is C17H24N4OS2. The van der Waals surface area contributed by atoms with Crippen LogP contribution in [0.5, 0.6) is 0 Å². The molecule has 0 bridgehead atoms. The third-order valence-electron chi connectivity index (χ3n) is 4.35. The van der Waals surface area contributed by atoms with Crippen molar-refractivity contribution in [1.29, 1.82) is 0 Å². The molecule has 3 N–H and O–H groups in total. The number of hydrogen-bond acceptors (Lipinski definition) is 5. The minimum absolute atomic E-state index is 0.0100. The maximum atomic E-state index is 12.5. The minimum atomic E-state index is -0.0100. The highest BCUT2D eigenvalue weighted by Gasteiger charge is 2.22. The maximum absolute atomic E-state index is 12.5. The number of amidine groups is 1. The molecule has 0 aromatic carbocycles. The molecule has 0 aliphatic heterocycles. The summed E-state index contributed by atoms with van der Waals surface area (Å²) < 4.78 is 0. The lowest BCUT2D eigenvalue weighted by atomic mass is 9.89. The average molecular weight is 365 g/mol. The number of H-pyrrole nitrogens is 1. The van der Waals surface area contributed by atoms with Gasteiger partial charge in [-0.15, -0.1) is 11.3 Å². The van der Waals surface area contributed by atoms with Crippen LogP contribution in [-0.4, -0.2) is 21.7 Å². The number of nitrogens with one attached hydrogen (secondary N) is 1. The molecule has 0 fully saturated rings. The van der Waals surface area contributed by atoms with Crippen LogP contribution in [0.1, 0.15) is 49.4 Å². The van der Waals surface area contributed by atoms with Gasteiger partial charge in [0.05, 0.1) is 11.1 Å². The van der Waals surface area contributed by atoms with Crippen molar-refractivity contribution in [2.45, 2.75) is 51.7 Å². The van der Waals surface area contributed by atoms with Gasteiger partial charge in [-0.3, -0.25) is 9.79 Å². The van der Waals surface area contributed by atoms with Crippen molar-refractivity contribution in [2.75, 3.05) is 6.54 Å². The fourth-order valence-electron chi connectivity index (χ4n) is 3.00. The van der Waals surface area contributed by atoms with Crippen LogP contribution < -0.4 is 11.3 Å². The lowest BCUT2D eigenvalue weighted by molar-refractivity contribution is 0.509. The number of unbranched alkanes of at least 4 members (excludes halogenated alkanes) is 1. The van der Waals surface area contributed by atoms with Gasteiger partial charge in [-0.2, -0.15) is 0 Å². The molecular weight excluding hydrogens is 340 g/mol. The topological polar surface area (TPSA) is 84.1 Å². The molecule has 2 aromatic heterocycles. The van der Waals surface area contributed by atoms with Crippen LogP contribution >= 0.6 is 23.1 Å². The number of hydrogen-bond donors (Lipinski definition) is 2. The largest absolute Gasteiger partial charge is 0.379 e. The second-order valence-electron chi connectivity index (χ2n) is 6.41. The molecule has 24 heavy (non-hydrogen) atoms. The number of thioether (sulfide) groups is 1. The molecule has 2 aromatic rings. The quantitative estimate of drug-likeness (QED) is 0.483. The van der Waals surface area contributed by atoms with Crippen molar-refractivity contribution in [3.05, 3.63) is 26.6 Å².